The Kier molecular flexibility index (Phi) is 5.55. The van der Waals surface area contributed by atoms with Crippen LogP contribution in [0.15, 0.2) is 40.6 Å². The van der Waals surface area contributed by atoms with Crippen LogP contribution in [-0.4, -0.2) is 29.6 Å². The molecule has 0 saturated heterocycles. The Morgan fingerprint density at radius 3 is 2.92 bits per heavy atom. The number of esters is 1. The summed E-state index contributed by atoms with van der Waals surface area (Å²) < 4.78 is 4.94. The summed E-state index contributed by atoms with van der Waals surface area (Å²) in [4.78, 5) is 36.7. The normalized spacial score (nSPS) is 15.3. The first-order chi connectivity index (χ1) is 12.6. The van der Waals surface area contributed by atoms with Gasteiger partial charge in [0.25, 0.3) is 5.91 Å². The second-order valence-corrected chi connectivity index (χ2v) is 7.44. The minimum atomic E-state index is -0.640. The number of nitrogens with zero attached hydrogens (tertiary/aromatic N) is 1. The number of thiophene rings is 1. The van der Waals surface area contributed by atoms with Gasteiger partial charge in [-0.25, -0.2) is 0 Å². The molecule has 1 aromatic heterocycles. The highest BCUT2D eigenvalue weighted by Gasteiger charge is 2.29. The van der Waals surface area contributed by atoms with Gasteiger partial charge in [-0.1, -0.05) is 12.1 Å². The molecule has 132 valence electrons. The number of benzene rings is 1. The first-order valence-electron chi connectivity index (χ1n) is 7.56. The molecule has 1 aliphatic rings. The molecule has 26 heavy (non-hydrogen) atoms. The summed E-state index contributed by atoms with van der Waals surface area (Å²) >= 11 is 2.50. The number of hydrogen-bond acceptors (Lipinski definition) is 7. The highest BCUT2D eigenvalue weighted by atomic mass is 32.2. The lowest BCUT2D eigenvalue weighted by atomic mass is 10.2. The van der Waals surface area contributed by atoms with E-state index in [-0.39, 0.29) is 12.3 Å². The Hall–Kier alpha value is -2.83. The summed E-state index contributed by atoms with van der Waals surface area (Å²) in [5.41, 5.74) is 1.07. The lowest BCUT2D eigenvalue weighted by Gasteiger charge is -2.23. The van der Waals surface area contributed by atoms with Gasteiger partial charge >= 0.3 is 5.97 Å². The maximum absolute atomic E-state index is 12.1. The predicted molar refractivity (Wildman–Crippen MR) is 98.0 cm³/mol. The van der Waals surface area contributed by atoms with E-state index in [9.17, 15) is 14.4 Å². The van der Waals surface area contributed by atoms with E-state index < -0.39 is 23.7 Å². The van der Waals surface area contributed by atoms with Gasteiger partial charge in [0.1, 0.15) is 11.1 Å². The molecule has 0 fully saturated rings. The zero-order valence-electron chi connectivity index (χ0n) is 13.4. The number of carbonyl (C=O) groups excluding carboxylic acids is 3. The van der Waals surface area contributed by atoms with Crippen LogP contribution in [0.1, 0.15) is 12.0 Å². The van der Waals surface area contributed by atoms with Gasteiger partial charge in [-0.15, -0.1) is 23.1 Å². The number of hydrogen-bond donors (Lipinski definition) is 2. The molecule has 9 heteroatoms. The van der Waals surface area contributed by atoms with Crippen molar-refractivity contribution in [3.63, 3.8) is 0 Å². The van der Waals surface area contributed by atoms with Gasteiger partial charge in [-0.3, -0.25) is 14.4 Å². The van der Waals surface area contributed by atoms with Crippen molar-refractivity contribution in [1.82, 2.24) is 0 Å². The van der Waals surface area contributed by atoms with Crippen LogP contribution in [0.2, 0.25) is 0 Å². The molecular formula is C17H13N3O4S2. The molecule has 0 radical (unpaired) electrons. The van der Waals surface area contributed by atoms with Crippen molar-refractivity contribution in [2.24, 2.45) is 0 Å². The third kappa shape index (κ3) is 4.22. The quantitative estimate of drug-likeness (QED) is 0.764. The highest BCUT2D eigenvalue weighted by Crippen LogP contribution is 2.36. The van der Waals surface area contributed by atoms with Gasteiger partial charge in [0.15, 0.2) is 6.61 Å². The molecule has 1 aromatic carbocycles. The molecule has 2 amide bonds. The molecule has 0 aliphatic carbocycles. The maximum Gasteiger partial charge on any atom is 0.307 e. The fraction of sp³-hybridized carbons (Fsp3) is 0.176. The van der Waals surface area contributed by atoms with Crippen molar-refractivity contribution in [2.45, 2.75) is 16.6 Å². The lowest BCUT2D eigenvalue weighted by Crippen LogP contribution is -2.32. The summed E-state index contributed by atoms with van der Waals surface area (Å²) in [5, 5.41) is 15.6. The van der Waals surface area contributed by atoms with Crippen LogP contribution in [0.3, 0.4) is 0 Å². The van der Waals surface area contributed by atoms with Gasteiger partial charge in [-0.2, -0.15) is 5.26 Å². The number of ether oxygens (including phenoxy) is 1. The van der Waals surface area contributed by atoms with Crippen LogP contribution in [0.25, 0.3) is 0 Å². The summed E-state index contributed by atoms with van der Waals surface area (Å²) in [6, 6.07) is 10.9. The Balaban J connectivity index is 1.49. The number of nitrogens with one attached hydrogen (secondary N) is 2. The molecule has 2 heterocycles. The van der Waals surface area contributed by atoms with Crippen molar-refractivity contribution >= 4 is 51.6 Å². The number of anilines is 2. The van der Waals surface area contributed by atoms with Crippen LogP contribution in [0, 0.1) is 11.3 Å². The number of carbonyl (C=O) groups is 3. The van der Waals surface area contributed by atoms with Crippen molar-refractivity contribution in [2.75, 3.05) is 17.2 Å². The van der Waals surface area contributed by atoms with Crippen molar-refractivity contribution in [3.8, 4) is 6.07 Å². The zero-order chi connectivity index (χ0) is 18.5. The zero-order valence-corrected chi connectivity index (χ0v) is 15.0. The summed E-state index contributed by atoms with van der Waals surface area (Å²) in [5.74, 6) is -1.45. The number of nitriles is 1. The minimum absolute atomic E-state index is 0.138. The third-order valence-electron chi connectivity index (χ3n) is 3.46. The Labute approximate surface area is 157 Å². The van der Waals surface area contributed by atoms with E-state index in [0.717, 1.165) is 10.6 Å². The standard InChI is InChI=1S/C17H13N3O4S2/c18-8-10-5-6-25-17(10)20-14(21)9-24-15(22)7-13-16(23)19-11-3-1-2-4-12(11)26-13/h1-6,13H,7,9H2,(H,19,23)(H,20,21)/t13-/m0/s1. The van der Waals surface area contributed by atoms with Crippen LogP contribution in [0.5, 0.6) is 0 Å². The Bertz CT molecular complexity index is 903. The number of rotatable bonds is 5. The lowest BCUT2D eigenvalue weighted by molar-refractivity contribution is -0.147. The first-order valence-corrected chi connectivity index (χ1v) is 9.32. The molecule has 2 N–H and O–H groups in total. The van der Waals surface area contributed by atoms with Crippen molar-refractivity contribution < 1.29 is 19.1 Å². The molecule has 0 unspecified atom stereocenters. The molecule has 0 saturated carbocycles. The predicted octanol–water partition coefficient (Wildman–Crippen LogP) is 2.60. The van der Waals surface area contributed by atoms with Crippen molar-refractivity contribution in [1.29, 1.82) is 5.26 Å². The van der Waals surface area contributed by atoms with Gasteiger partial charge in [-0.05, 0) is 23.6 Å². The Morgan fingerprint density at radius 2 is 2.12 bits per heavy atom. The molecule has 1 atom stereocenters. The van der Waals surface area contributed by atoms with Gasteiger partial charge in [0.2, 0.25) is 5.91 Å². The van der Waals surface area contributed by atoms with E-state index in [1.54, 1.807) is 17.5 Å². The first kappa shape index (κ1) is 18.0. The van der Waals surface area contributed by atoms with Gasteiger partial charge in [0.05, 0.1) is 22.9 Å². The van der Waals surface area contributed by atoms with E-state index in [0.29, 0.717) is 10.6 Å². The number of para-hydroxylation sites is 1. The van der Waals surface area contributed by atoms with Crippen LogP contribution in [-0.2, 0) is 19.1 Å². The number of thioether (sulfide) groups is 1. The fourth-order valence-electron chi connectivity index (χ4n) is 2.24. The number of amides is 2. The second kappa shape index (κ2) is 8.03. The third-order valence-corrected chi connectivity index (χ3v) is 5.57. The van der Waals surface area contributed by atoms with Crippen LogP contribution in [0.4, 0.5) is 10.7 Å². The van der Waals surface area contributed by atoms with Crippen molar-refractivity contribution in [3.05, 3.63) is 41.3 Å². The summed E-state index contributed by atoms with van der Waals surface area (Å²) in [7, 11) is 0. The molecule has 0 spiro atoms. The average molecular weight is 387 g/mol. The Morgan fingerprint density at radius 1 is 1.31 bits per heavy atom. The molecule has 1 aliphatic heterocycles. The number of fused-ring (bicyclic) bond motifs is 1. The van der Waals surface area contributed by atoms with Gasteiger partial charge in [0, 0.05) is 4.90 Å². The second-order valence-electron chi connectivity index (χ2n) is 5.28. The highest BCUT2D eigenvalue weighted by molar-refractivity contribution is 8.01. The largest absolute Gasteiger partial charge is 0.456 e. The molecule has 7 nitrogen and oxygen atoms in total. The summed E-state index contributed by atoms with van der Waals surface area (Å²) in [6.45, 7) is -0.475. The van der Waals surface area contributed by atoms with E-state index >= 15 is 0 Å². The fourth-order valence-corrected chi connectivity index (χ4v) is 4.09. The van der Waals surface area contributed by atoms with Crippen LogP contribution >= 0.6 is 23.1 Å². The van der Waals surface area contributed by atoms with Gasteiger partial charge < -0.3 is 15.4 Å². The molecular weight excluding hydrogens is 374 g/mol. The maximum atomic E-state index is 12.1. The monoisotopic (exact) mass is 387 g/mol. The van der Waals surface area contributed by atoms with Crippen LogP contribution < -0.4 is 10.6 Å². The smallest absolute Gasteiger partial charge is 0.307 e. The summed E-state index contributed by atoms with van der Waals surface area (Å²) in [6.07, 6.45) is -0.138. The molecule has 0 bridgehead atoms. The average Bonchev–Trinajstić information content (AvgIpc) is 3.07. The SMILES string of the molecule is N#Cc1ccsc1NC(=O)COC(=O)C[C@@H]1Sc2ccccc2NC1=O. The van der Waals surface area contributed by atoms with E-state index in [1.165, 1.54) is 23.1 Å². The minimum Gasteiger partial charge on any atom is -0.456 e. The topological polar surface area (TPSA) is 108 Å². The van der Waals surface area contributed by atoms with E-state index in [2.05, 4.69) is 10.6 Å². The van der Waals surface area contributed by atoms with E-state index in [4.69, 9.17) is 10.00 Å². The molecule has 3 rings (SSSR count). The van der Waals surface area contributed by atoms with E-state index in [1.807, 2.05) is 24.3 Å². The molecule has 2 aromatic rings.